The van der Waals surface area contributed by atoms with Crippen molar-refractivity contribution in [2.24, 2.45) is 17.3 Å². The summed E-state index contributed by atoms with van der Waals surface area (Å²) >= 11 is 0. The summed E-state index contributed by atoms with van der Waals surface area (Å²) in [4.78, 5) is 11.9. The molecule has 0 radical (unpaired) electrons. The molecule has 0 aromatic carbocycles. The van der Waals surface area contributed by atoms with Crippen molar-refractivity contribution in [3.8, 4) is 0 Å². The number of rotatable bonds is 1. The first-order valence-corrected chi connectivity index (χ1v) is 4.77. The monoisotopic (exact) mass is 164 g/mol. The van der Waals surface area contributed by atoms with Crippen molar-refractivity contribution in [2.75, 3.05) is 0 Å². The summed E-state index contributed by atoms with van der Waals surface area (Å²) in [6.45, 7) is 8.04. The zero-order valence-corrected chi connectivity index (χ0v) is 7.89. The molecule has 0 unspecified atom stereocenters. The lowest BCUT2D eigenvalue weighted by molar-refractivity contribution is -0.129. The van der Waals surface area contributed by atoms with Crippen LogP contribution in [0.15, 0.2) is 12.2 Å². The van der Waals surface area contributed by atoms with E-state index in [9.17, 15) is 4.79 Å². The first-order chi connectivity index (χ1) is 5.56. The topological polar surface area (TPSA) is 17.1 Å². The largest absolute Gasteiger partial charge is 0.298 e. The molecule has 1 heteroatoms. The number of hydrogen-bond donors (Lipinski definition) is 0. The second-order valence-corrected chi connectivity index (χ2v) is 4.55. The van der Waals surface area contributed by atoms with Gasteiger partial charge in [0, 0.05) is 11.3 Å². The van der Waals surface area contributed by atoms with Gasteiger partial charge in [-0.2, -0.15) is 0 Å². The van der Waals surface area contributed by atoms with Crippen LogP contribution < -0.4 is 0 Å². The molecule has 0 heterocycles. The second kappa shape index (κ2) is 2.21. The molecule has 2 bridgehead atoms. The Bertz CT molecular complexity index is 254. The van der Waals surface area contributed by atoms with Gasteiger partial charge in [-0.25, -0.2) is 0 Å². The van der Waals surface area contributed by atoms with E-state index in [1.807, 2.05) is 6.92 Å². The number of fused-ring (bicyclic) bond motifs is 2. The Balaban J connectivity index is 2.39. The number of carbonyl (C=O) groups excluding carboxylic acids is 1. The highest BCUT2D eigenvalue weighted by molar-refractivity contribution is 5.92. The van der Waals surface area contributed by atoms with Gasteiger partial charge < -0.3 is 0 Å². The lowest BCUT2D eigenvalue weighted by atomic mass is 9.70. The lowest BCUT2D eigenvalue weighted by Gasteiger charge is -2.32. The summed E-state index contributed by atoms with van der Waals surface area (Å²) in [5.41, 5.74) is 0.905. The molecular weight excluding hydrogens is 148 g/mol. The molecule has 0 saturated heterocycles. The fraction of sp³-hybridized carbons (Fsp3) is 0.727. The minimum absolute atomic E-state index is 0.164. The highest BCUT2D eigenvalue weighted by atomic mass is 16.1. The molecule has 2 rings (SSSR count). The van der Waals surface area contributed by atoms with Crippen LogP contribution in [0.25, 0.3) is 0 Å². The van der Waals surface area contributed by atoms with E-state index in [1.165, 1.54) is 6.42 Å². The Morgan fingerprint density at radius 1 is 1.58 bits per heavy atom. The van der Waals surface area contributed by atoms with Crippen LogP contribution in [0.1, 0.15) is 33.1 Å². The van der Waals surface area contributed by atoms with Crippen molar-refractivity contribution in [3.05, 3.63) is 12.2 Å². The molecule has 3 atom stereocenters. The fourth-order valence-corrected chi connectivity index (χ4v) is 2.93. The van der Waals surface area contributed by atoms with E-state index < -0.39 is 0 Å². The van der Waals surface area contributed by atoms with Crippen LogP contribution in [0.4, 0.5) is 0 Å². The van der Waals surface area contributed by atoms with Gasteiger partial charge >= 0.3 is 0 Å². The SMILES string of the molecule is C=C(C)[C@]1(C)C(=O)[C@@H]2CC[C@H]1C2. The van der Waals surface area contributed by atoms with Gasteiger partial charge in [-0.05, 0) is 39.0 Å². The maximum absolute atomic E-state index is 11.9. The van der Waals surface area contributed by atoms with Crippen LogP contribution >= 0.6 is 0 Å². The summed E-state index contributed by atoms with van der Waals surface area (Å²) in [5.74, 6) is 1.44. The third-order valence-electron chi connectivity index (χ3n) is 4.02. The normalized spacial score (nSPS) is 45.3. The maximum atomic E-state index is 11.9. The zero-order valence-electron chi connectivity index (χ0n) is 7.89. The van der Waals surface area contributed by atoms with E-state index in [1.54, 1.807) is 0 Å². The average Bonchev–Trinajstić information content (AvgIpc) is 2.55. The first kappa shape index (κ1) is 8.03. The third kappa shape index (κ3) is 0.720. The van der Waals surface area contributed by atoms with Crippen LogP contribution in [0.3, 0.4) is 0 Å². The molecule has 1 nitrogen and oxygen atoms in total. The second-order valence-electron chi connectivity index (χ2n) is 4.55. The van der Waals surface area contributed by atoms with Crippen LogP contribution in [-0.2, 0) is 4.79 Å². The molecule has 0 spiro atoms. The Hall–Kier alpha value is -0.590. The van der Waals surface area contributed by atoms with Crippen molar-refractivity contribution >= 4 is 5.78 Å². The number of allylic oxidation sites excluding steroid dienone is 1. The van der Waals surface area contributed by atoms with E-state index >= 15 is 0 Å². The summed E-state index contributed by atoms with van der Waals surface area (Å²) < 4.78 is 0. The van der Waals surface area contributed by atoms with Gasteiger partial charge in [-0.1, -0.05) is 12.2 Å². The number of Topliss-reactive ketones (excluding diaryl/α,β-unsaturated/α-hetero) is 1. The molecule has 0 aliphatic heterocycles. The summed E-state index contributed by atoms with van der Waals surface area (Å²) in [5, 5.41) is 0. The van der Waals surface area contributed by atoms with Crippen molar-refractivity contribution in [2.45, 2.75) is 33.1 Å². The van der Waals surface area contributed by atoms with Gasteiger partial charge in [0.1, 0.15) is 5.78 Å². The van der Waals surface area contributed by atoms with Crippen molar-refractivity contribution < 1.29 is 4.79 Å². The fourth-order valence-electron chi connectivity index (χ4n) is 2.93. The molecule has 0 amide bonds. The van der Waals surface area contributed by atoms with Gasteiger partial charge in [0.05, 0.1) is 0 Å². The molecule has 2 aliphatic rings. The van der Waals surface area contributed by atoms with Crippen LogP contribution in [0.2, 0.25) is 0 Å². The maximum Gasteiger partial charge on any atom is 0.146 e. The van der Waals surface area contributed by atoms with Gasteiger partial charge in [0.25, 0.3) is 0 Å². The summed E-state index contributed by atoms with van der Waals surface area (Å²) in [6.07, 6.45) is 3.49. The summed E-state index contributed by atoms with van der Waals surface area (Å²) in [7, 11) is 0. The predicted molar refractivity (Wildman–Crippen MR) is 48.8 cm³/mol. The molecule has 2 saturated carbocycles. The standard InChI is InChI=1S/C11H16O/c1-7(2)11(3)9-5-4-8(6-9)10(11)12/h8-9H,1,4-6H2,2-3H3/t8-,9+,11+/m1/s1. The first-order valence-electron chi connectivity index (χ1n) is 4.77. The molecule has 66 valence electrons. The highest BCUT2D eigenvalue weighted by Gasteiger charge is 2.55. The molecule has 2 fully saturated rings. The highest BCUT2D eigenvalue weighted by Crippen LogP contribution is 2.55. The summed E-state index contributed by atoms with van der Waals surface area (Å²) in [6, 6.07) is 0. The van der Waals surface area contributed by atoms with Crippen LogP contribution in [-0.4, -0.2) is 5.78 Å². The van der Waals surface area contributed by atoms with Crippen molar-refractivity contribution in [3.63, 3.8) is 0 Å². The number of hydrogen-bond acceptors (Lipinski definition) is 1. The van der Waals surface area contributed by atoms with Crippen LogP contribution in [0.5, 0.6) is 0 Å². The Kier molecular flexibility index (Phi) is 1.48. The van der Waals surface area contributed by atoms with E-state index in [-0.39, 0.29) is 5.41 Å². The Morgan fingerprint density at radius 3 is 2.58 bits per heavy atom. The van der Waals surface area contributed by atoms with E-state index in [4.69, 9.17) is 0 Å². The minimum atomic E-state index is -0.164. The van der Waals surface area contributed by atoms with Crippen LogP contribution in [0, 0.1) is 17.3 Å². The van der Waals surface area contributed by atoms with Crippen molar-refractivity contribution in [1.82, 2.24) is 0 Å². The van der Waals surface area contributed by atoms with Gasteiger partial charge in [0.2, 0.25) is 0 Å². The predicted octanol–water partition coefficient (Wildman–Crippen LogP) is 2.57. The van der Waals surface area contributed by atoms with Gasteiger partial charge in [-0.3, -0.25) is 4.79 Å². The van der Waals surface area contributed by atoms with E-state index in [0.717, 1.165) is 18.4 Å². The molecular formula is C11H16O. The molecule has 0 aromatic rings. The molecule has 12 heavy (non-hydrogen) atoms. The Morgan fingerprint density at radius 2 is 2.25 bits per heavy atom. The third-order valence-corrected chi connectivity index (χ3v) is 4.02. The smallest absolute Gasteiger partial charge is 0.146 e. The van der Waals surface area contributed by atoms with Crippen molar-refractivity contribution in [1.29, 1.82) is 0 Å². The molecule has 0 N–H and O–H groups in total. The average molecular weight is 164 g/mol. The molecule has 2 aliphatic carbocycles. The molecule has 0 aromatic heterocycles. The zero-order chi connectivity index (χ0) is 8.93. The van der Waals surface area contributed by atoms with E-state index in [0.29, 0.717) is 17.6 Å². The van der Waals surface area contributed by atoms with Gasteiger partial charge in [0.15, 0.2) is 0 Å². The lowest BCUT2D eigenvalue weighted by Crippen LogP contribution is -2.34. The van der Waals surface area contributed by atoms with Gasteiger partial charge in [-0.15, -0.1) is 0 Å². The number of ketones is 1. The minimum Gasteiger partial charge on any atom is -0.298 e. The Labute approximate surface area is 73.8 Å². The quantitative estimate of drug-likeness (QED) is 0.544. The number of carbonyl (C=O) groups is 1. The van der Waals surface area contributed by atoms with E-state index in [2.05, 4.69) is 13.5 Å².